The van der Waals surface area contributed by atoms with Gasteiger partial charge in [0, 0.05) is 6.54 Å². The van der Waals surface area contributed by atoms with Gasteiger partial charge in [-0.3, -0.25) is 0 Å². The van der Waals surface area contributed by atoms with Gasteiger partial charge in [0.25, 0.3) is 0 Å². The number of nitrogens with one attached hydrogen (secondary N) is 1. The molecule has 0 aromatic heterocycles. The van der Waals surface area contributed by atoms with Crippen LogP contribution in [0.2, 0.25) is 0 Å². The van der Waals surface area contributed by atoms with E-state index in [4.69, 9.17) is 0 Å². The molecule has 0 aromatic carbocycles. The van der Waals surface area contributed by atoms with Crippen LogP contribution < -0.4 is 5.32 Å². The largest absolute Gasteiger partial charge is 0.316 e. The molecule has 0 aromatic rings. The average Bonchev–Trinajstić information content (AvgIpc) is 2.84. The standard InChI is InChI=1S/C11H23N/c1-4-8-11(3,9-12-5-2)10-6-7-10/h10,12H,4-9H2,1-3H3. The van der Waals surface area contributed by atoms with Gasteiger partial charge in [0.05, 0.1) is 0 Å². The zero-order chi connectivity index (χ0) is 9.03. The molecule has 1 rings (SSSR count). The third-order valence-corrected chi connectivity index (χ3v) is 3.16. The van der Waals surface area contributed by atoms with E-state index in [-0.39, 0.29) is 0 Å². The first kappa shape index (κ1) is 10.0. The minimum Gasteiger partial charge on any atom is -0.316 e. The van der Waals surface area contributed by atoms with Gasteiger partial charge in [-0.05, 0) is 37.1 Å². The molecule has 12 heavy (non-hydrogen) atoms. The zero-order valence-corrected chi connectivity index (χ0v) is 8.82. The highest BCUT2D eigenvalue weighted by Gasteiger charge is 2.39. The molecule has 0 heterocycles. The van der Waals surface area contributed by atoms with E-state index in [0.717, 1.165) is 12.5 Å². The summed E-state index contributed by atoms with van der Waals surface area (Å²) in [5.41, 5.74) is 0.602. The van der Waals surface area contributed by atoms with E-state index >= 15 is 0 Å². The molecule has 1 fully saturated rings. The quantitative estimate of drug-likeness (QED) is 0.644. The maximum Gasteiger partial charge on any atom is 0.000770 e. The van der Waals surface area contributed by atoms with Crippen LogP contribution in [0.5, 0.6) is 0 Å². The highest BCUT2D eigenvalue weighted by molar-refractivity contribution is 4.92. The first-order chi connectivity index (χ1) is 5.73. The van der Waals surface area contributed by atoms with Gasteiger partial charge in [0.15, 0.2) is 0 Å². The molecule has 0 amide bonds. The van der Waals surface area contributed by atoms with Crippen molar-refractivity contribution in [3.8, 4) is 0 Å². The van der Waals surface area contributed by atoms with Gasteiger partial charge in [0.1, 0.15) is 0 Å². The fourth-order valence-corrected chi connectivity index (χ4v) is 2.20. The Bertz CT molecular complexity index is 129. The first-order valence-corrected chi connectivity index (χ1v) is 5.43. The van der Waals surface area contributed by atoms with E-state index in [1.807, 2.05) is 0 Å². The van der Waals surface area contributed by atoms with Crippen molar-refractivity contribution < 1.29 is 0 Å². The van der Waals surface area contributed by atoms with Crippen molar-refractivity contribution in [3.05, 3.63) is 0 Å². The smallest absolute Gasteiger partial charge is 0.000770 e. The Kier molecular flexibility index (Phi) is 3.57. The Morgan fingerprint density at radius 3 is 2.42 bits per heavy atom. The van der Waals surface area contributed by atoms with Gasteiger partial charge in [-0.2, -0.15) is 0 Å². The summed E-state index contributed by atoms with van der Waals surface area (Å²) in [5.74, 6) is 1.02. The van der Waals surface area contributed by atoms with Gasteiger partial charge < -0.3 is 5.32 Å². The molecule has 72 valence electrons. The van der Waals surface area contributed by atoms with Crippen molar-refractivity contribution in [2.45, 2.75) is 46.5 Å². The molecular weight excluding hydrogens is 146 g/mol. The summed E-state index contributed by atoms with van der Waals surface area (Å²) in [5, 5.41) is 3.50. The third-order valence-electron chi connectivity index (χ3n) is 3.16. The molecule has 0 bridgehead atoms. The maximum absolute atomic E-state index is 3.50. The molecule has 0 radical (unpaired) electrons. The molecule has 1 N–H and O–H groups in total. The zero-order valence-electron chi connectivity index (χ0n) is 8.82. The summed E-state index contributed by atoms with van der Waals surface area (Å²) in [6, 6.07) is 0. The summed E-state index contributed by atoms with van der Waals surface area (Å²) in [6.07, 6.45) is 5.67. The normalized spacial score (nSPS) is 22.2. The van der Waals surface area contributed by atoms with Gasteiger partial charge in [-0.1, -0.05) is 27.2 Å². The van der Waals surface area contributed by atoms with Crippen molar-refractivity contribution >= 4 is 0 Å². The molecule has 1 atom stereocenters. The van der Waals surface area contributed by atoms with Crippen LogP contribution in [0.4, 0.5) is 0 Å². The first-order valence-electron chi connectivity index (χ1n) is 5.43. The fourth-order valence-electron chi connectivity index (χ4n) is 2.20. The Hall–Kier alpha value is -0.0400. The molecule has 0 saturated heterocycles. The van der Waals surface area contributed by atoms with E-state index in [1.54, 1.807) is 0 Å². The van der Waals surface area contributed by atoms with Crippen molar-refractivity contribution in [2.75, 3.05) is 13.1 Å². The van der Waals surface area contributed by atoms with Crippen LogP contribution in [0.25, 0.3) is 0 Å². The molecule has 0 spiro atoms. The van der Waals surface area contributed by atoms with E-state index in [9.17, 15) is 0 Å². The highest BCUT2D eigenvalue weighted by atomic mass is 14.9. The molecule has 1 unspecified atom stereocenters. The van der Waals surface area contributed by atoms with Gasteiger partial charge in [-0.15, -0.1) is 0 Å². The van der Waals surface area contributed by atoms with Gasteiger partial charge in [0.2, 0.25) is 0 Å². The van der Waals surface area contributed by atoms with Crippen LogP contribution in [-0.2, 0) is 0 Å². The summed E-state index contributed by atoms with van der Waals surface area (Å²) < 4.78 is 0. The molecule has 1 aliphatic rings. The second kappa shape index (κ2) is 4.27. The minimum atomic E-state index is 0.602. The molecule has 1 nitrogen and oxygen atoms in total. The van der Waals surface area contributed by atoms with E-state index in [0.29, 0.717) is 5.41 Å². The molecular formula is C11H23N. The topological polar surface area (TPSA) is 12.0 Å². The van der Waals surface area contributed by atoms with Crippen LogP contribution >= 0.6 is 0 Å². The molecule has 1 heteroatoms. The number of hydrogen-bond acceptors (Lipinski definition) is 1. The summed E-state index contributed by atoms with van der Waals surface area (Å²) in [4.78, 5) is 0. The predicted molar refractivity (Wildman–Crippen MR) is 54.3 cm³/mol. The minimum absolute atomic E-state index is 0.602. The summed E-state index contributed by atoms with van der Waals surface area (Å²) in [6.45, 7) is 9.29. The van der Waals surface area contributed by atoms with Crippen molar-refractivity contribution in [1.29, 1.82) is 0 Å². The van der Waals surface area contributed by atoms with Crippen LogP contribution in [-0.4, -0.2) is 13.1 Å². The summed E-state index contributed by atoms with van der Waals surface area (Å²) in [7, 11) is 0. The Labute approximate surface area is 76.9 Å². The average molecular weight is 169 g/mol. The monoisotopic (exact) mass is 169 g/mol. The van der Waals surface area contributed by atoms with Crippen LogP contribution in [0.15, 0.2) is 0 Å². The number of hydrogen-bond donors (Lipinski definition) is 1. The van der Waals surface area contributed by atoms with Crippen molar-refractivity contribution in [2.24, 2.45) is 11.3 Å². The van der Waals surface area contributed by atoms with Crippen molar-refractivity contribution in [1.82, 2.24) is 5.32 Å². The Morgan fingerprint density at radius 2 is 2.00 bits per heavy atom. The molecule has 1 saturated carbocycles. The van der Waals surface area contributed by atoms with Crippen LogP contribution in [0.3, 0.4) is 0 Å². The predicted octanol–water partition coefficient (Wildman–Crippen LogP) is 2.81. The number of rotatable bonds is 6. The van der Waals surface area contributed by atoms with E-state index in [2.05, 4.69) is 26.1 Å². The van der Waals surface area contributed by atoms with E-state index in [1.165, 1.54) is 32.2 Å². The van der Waals surface area contributed by atoms with E-state index < -0.39 is 0 Å². The van der Waals surface area contributed by atoms with Gasteiger partial charge in [-0.25, -0.2) is 0 Å². The Morgan fingerprint density at radius 1 is 1.33 bits per heavy atom. The second-order valence-corrected chi connectivity index (χ2v) is 4.46. The third kappa shape index (κ3) is 2.48. The van der Waals surface area contributed by atoms with Crippen molar-refractivity contribution in [3.63, 3.8) is 0 Å². The van der Waals surface area contributed by atoms with Crippen LogP contribution in [0, 0.1) is 11.3 Å². The highest BCUT2D eigenvalue weighted by Crippen LogP contribution is 2.47. The molecule has 0 aliphatic heterocycles. The second-order valence-electron chi connectivity index (χ2n) is 4.46. The lowest BCUT2D eigenvalue weighted by Crippen LogP contribution is -2.33. The Balaban J connectivity index is 2.34. The fraction of sp³-hybridized carbons (Fsp3) is 1.00. The van der Waals surface area contributed by atoms with Gasteiger partial charge >= 0.3 is 0 Å². The molecule has 1 aliphatic carbocycles. The lowest BCUT2D eigenvalue weighted by atomic mass is 9.80. The summed E-state index contributed by atoms with van der Waals surface area (Å²) >= 11 is 0. The lowest BCUT2D eigenvalue weighted by molar-refractivity contribution is 0.236. The van der Waals surface area contributed by atoms with Crippen LogP contribution in [0.1, 0.15) is 46.5 Å². The lowest BCUT2D eigenvalue weighted by Gasteiger charge is -2.29. The SMILES string of the molecule is CCCC(C)(CNCC)C1CC1. The maximum atomic E-state index is 3.50.